The second kappa shape index (κ2) is 5.23. The molecule has 0 saturated carbocycles. The van der Waals surface area contributed by atoms with E-state index in [0.29, 0.717) is 0 Å². The molecule has 0 unspecified atom stereocenters. The fourth-order valence-corrected chi connectivity index (χ4v) is 2.58. The van der Waals surface area contributed by atoms with Gasteiger partial charge in [0.25, 0.3) is 0 Å². The summed E-state index contributed by atoms with van der Waals surface area (Å²) in [6, 6.07) is 20.3. The van der Waals surface area contributed by atoms with Crippen molar-refractivity contribution in [2.75, 3.05) is 0 Å². The number of rotatable bonds is 1. The highest BCUT2D eigenvalue weighted by atomic mass is 35.5. The van der Waals surface area contributed by atoms with E-state index in [1.54, 1.807) is 0 Å². The van der Waals surface area contributed by atoms with Gasteiger partial charge in [0.05, 0.1) is 5.52 Å². The van der Waals surface area contributed by atoms with Gasteiger partial charge in [-0.05, 0) is 36.8 Å². The van der Waals surface area contributed by atoms with Crippen LogP contribution in [0.3, 0.4) is 0 Å². The topological polar surface area (TPSA) is 26.0 Å². The number of furan rings is 1. The molecule has 0 spiro atoms. The molecule has 0 aliphatic heterocycles. The van der Waals surface area contributed by atoms with Crippen LogP contribution in [-0.4, -0.2) is 4.98 Å². The van der Waals surface area contributed by atoms with E-state index in [0.717, 1.165) is 27.9 Å². The van der Waals surface area contributed by atoms with E-state index in [9.17, 15) is 0 Å². The molecule has 0 bridgehead atoms. The third kappa shape index (κ3) is 2.28. The van der Waals surface area contributed by atoms with Crippen LogP contribution in [-0.2, 0) is 0 Å². The summed E-state index contributed by atoms with van der Waals surface area (Å²) in [5.74, 6) is 0.819. The van der Waals surface area contributed by atoms with Crippen LogP contribution < -0.4 is 0 Å². The number of aryl methyl sites for hydroxylation is 1. The molecule has 4 rings (SSSR count). The molecule has 2 aromatic heterocycles. The van der Waals surface area contributed by atoms with E-state index in [1.807, 2.05) is 42.5 Å². The Kier molecular flexibility index (Phi) is 3.40. The van der Waals surface area contributed by atoms with Crippen LogP contribution in [0, 0.1) is 6.92 Å². The summed E-state index contributed by atoms with van der Waals surface area (Å²) in [6.07, 6.45) is 0. The number of nitrogens with zero attached hydrogens (tertiary/aromatic N) is 1. The predicted molar refractivity (Wildman–Crippen MR) is 88.9 cm³/mol. The molecule has 0 atom stereocenters. The predicted octanol–water partition coefficient (Wildman–Crippen LogP) is 5.38. The summed E-state index contributed by atoms with van der Waals surface area (Å²) in [5, 5.41) is 2.29. The van der Waals surface area contributed by atoms with E-state index in [2.05, 4.69) is 25.1 Å². The van der Waals surface area contributed by atoms with Crippen LogP contribution in [0.2, 0.25) is 0 Å². The quantitative estimate of drug-likeness (QED) is 0.471. The van der Waals surface area contributed by atoms with Crippen molar-refractivity contribution in [3.63, 3.8) is 0 Å². The van der Waals surface area contributed by atoms with Crippen LogP contribution in [0.15, 0.2) is 65.1 Å². The first-order chi connectivity index (χ1) is 9.81. The van der Waals surface area contributed by atoms with Gasteiger partial charge in [0.15, 0.2) is 5.76 Å². The number of hydrogen-bond donors (Lipinski definition) is 0. The van der Waals surface area contributed by atoms with Gasteiger partial charge in [-0.2, -0.15) is 0 Å². The van der Waals surface area contributed by atoms with Gasteiger partial charge < -0.3 is 4.42 Å². The molecule has 21 heavy (non-hydrogen) atoms. The maximum Gasteiger partial charge on any atom is 0.153 e. The zero-order valence-corrected chi connectivity index (χ0v) is 12.4. The van der Waals surface area contributed by atoms with Gasteiger partial charge in [-0.15, -0.1) is 12.4 Å². The average Bonchev–Trinajstić information content (AvgIpc) is 2.91. The largest absolute Gasteiger partial charge is 0.454 e. The first-order valence-electron chi connectivity index (χ1n) is 6.66. The molecule has 0 radical (unpaired) electrons. The minimum Gasteiger partial charge on any atom is -0.454 e. The molecule has 0 aliphatic carbocycles. The van der Waals surface area contributed by atoms with Crippen molar-refractivity contribution in [2.24, 2.45) is 0 Å². The van der Waals surface area contributed by atoms with Crippen molar-refractivity contribution in [1.82, 2.24) is 4.98 Å². The van der Waals surface area contributed by atoms with Crippen LogP contribution >= 0.6 is 12.4 Å². The molecule has 0 fully saturated rings. The number of fused-ring (bicyclic) bond motifs is 2. The molecular weight excluding hydrogens is 282 g/mol. The Hall–Kier alpha value is -2.32. The van der Waals surface area contributed by atoms with Crippen molar-refractivity contribution < 1.29 is 4.42 Å². The normalized spacial score (nSPS) is 10.7. The zero-order valence-electron chi connectivity index (χ0n) is 11.5. The minimum absolute atomic E-state index is 0. The lowest BCUT2D eigenvalue weighted by Crippen LogP contribution is -1.87. The fraction of sp³-hybridized carbons (Fsp3) is 0.0556. The van der Waals surface area contributed by atoms with Gasteiger partial charge in [0, 0.05) is 10.8 Å². The van der Waals surface area contributed by atoms with Crippen molar-refractivity contribution in [1.29, 1.82) is 0 Å². The Morgan fingerprint density at radius 2 is 1.67 bits per heavy atom. The Balaban J connectivity index is 0.00000132. The summed E-state index contributed by atoms with van der Waals surface area (Å²) < 4.78 is 5.90. The Morgan fingerprint density at radius 1 is 0.905 bits per heavy atom. The molecule has 0 saturated heterocycles. The SMILES string of the molecule is Cc1cc(-c2cc3ccccc3o2)nc2ccccc12.Cl. The lowest BCUT2D eigenvalue weighted by atomic mass is 10.1. The minimum atomic E-state index is 0. The molecular formula is C18H14ClNO. The number of hydrogen-bond acceptors (Lipinski definition) is 2. The zero-order chi connectivity index (χ0) is 13.5. The van der Waals surface area contributed by atoms with Crippen LogP contribution in [0.25, 0.3) is 33.3 Å². The van der Waals surface area contributed by atoms with Crippen LogP contribution in [0.5, 0.6) is 0 Å². The molecule has 2 aromatic carbocycles. The van der Waals surface area contributed by atoms with Gasteiger partial charge in [-0.3, -0.25) is 0 Å². The monoisotopic (exact) mass is 295 g/mol. The van der Waals surface area contributed by atoms with Crippen molar-refractivity contribution in [3.8, 4) is 11.5 Å². The highest BCUT2D eigenvalue weighted by Crippen LogP contribution is 2.29. The number of para-hydroxylation sites is 2. The molecule has 0 N–H and O–H groups in total. The Morgan fingerprint density at radius 3 is 2.52 bits per heavy atom. The molecule has 2 heterocycles. The smallest absolute Gasteiger partial charge is 0.153 e. The number of aromatic nitrogens is 1. The summed E-state index contributed by atoms with van der Waals surface area (Å²) in [4.78, 5) is 4.71. The van der Waals surface area contributed by atoms with E-state index >= 15 is 0 Å². The summed E-state index contributed by atoms with van der Waals surface area (Å²) in [6.45, 7) is 2.11. The second-order valence-corrected chi connectivity index (χ2v) is 4.99. The number of halogens is 1. The first kappa shape index (κ1) is 13.7. The van der Waals surface area contributed by atoms with E-state index in [4.69, 9.17) is 9.40 Å². The highest BCUT2D eigenvalue weighted by Gasteiger charge is 2.09. The fourth-order valence-electron chi connectivity index (χ4n) is 2.58. The summed E-state index contributed by atoms with van der Waals surface area (Å²) in [7, 11) is 0. The van der Waals surface area contributed by atoms with E-state index < -0.39 is 0 Å². The molecule has 0 amide bonds. The Labute approximate surface area is 128 Å². The third-order valence-corrected chi connectivity index (χ3v) is 3.60. The standard InChI is InChI=1S/C18H13NO.ClH/c1-12-10-16(19-15-8-4-3-7-14(12)15)18-11-13-6-2-5-9-17(13)20-18;/h2-11H,1H3;1H. The third-order valence-electron chi connectivity index (χ3n) is 3.60. The van der Waals surface area contributed by atoms with Crippen molar-refractivity contribution in [2.45, 2.75) is 6.92 Å². The van der Waals surface area contributed by atoms with Crippen LogP contribution in [0.4, 0.5) is 0 Å². The molecule has 104 valence electrons. The summed E-state index contributed by atoms with van der Waals surface area (Å²) >= 11 is 0. The van der Waals surface area contributed by atoms with Crippen molar-refractivity contribution in [3.05, 3.63) is 66.2 Å². The molecule has 4 aromatic rings. The molecule has 3 heteroatoms. The van der Waals surface area contributed by atoms with Gasteiger partial charge in [0.1, 0.15) is 11.3 Å². The molecule has 0 aliphatic rings. The van der Waals surface area contributed by atoms with E-state index in [-0.39, 0.29) is 12.4 Å². The van der Waals surface area contributed by atoms with Crippen LogP contribution in [0.1, 0.15) is 5.56 Å². The average molecular weight is 296 g/mol. The first-order valence-corrected chi connectivity index (χ1v) is 6.66. The lowest BCUT2D eigenvalue weighted by molar-refractivity contribution is 0.629. The second-order valence-electron chi connectivity index (χ2n) is 4.99. The molecule has 2 nitrogen and oxygen atoms in total. The highest BCUT2D eigenvalue weighted by molar-refractivity contribution is 5.87. The maximum atomic E-state index is 5.90. The van der Waals surface area contributed by atoms with E-state index in [1.165, 1.54) is 10.9 Å². The maximum absolute atomic E-state index is 5.90. The van der Waals surface area contributed by atoms with Gasteiger partial charge in [-0.25, -0.2) is 4.98 Å². The number of benzene rings is 2. The summed E-state index contributed by atoms with van der Waals surface area (Å²) in [5.41, 5.74) is 4.00. The van der Waals surface area contributed by atoms with Gasteiger partial charge >= 0.3 is 0 Å². The Bertz CT molecular complexity index is 894. The number of pyridine rings is 1. The van der Waals surface area contributed by atoms with Crippen molar-refractivity contribution >= 4 is 34.3 Å². The lowest BCUT2D eigenvalue weighted by Gasteiger charge is -2.04. The van der Waals surface area contributed by atoms with Gasteiger partial charge in [0.2, 0.25) is 0 Å². The van der Waals surface area contributed by atoms with Gasteiger partial charge in [-0.1, -0.05) is 36.4 Å².